The maximum absolute atomic E-state index is 12.0. The summed E-state index contributed by atoms with van der Waals surface area (Å²) in [4.78, 5) is 0. The topological polar surface area (TPSA) is 48.2 Å². The summed E-state index contributed by atoms with van der Waals surface area (Å²) in [5.74, 6) is 0.814. The van der Waals surface area contributed by atoms with Crippen LogP contribution in [0, 0.1) is 0 Å². The Balaban J connectivity index is 2.16. The molecule has 1 aromatic heterocycles. The number of hydrogen-bond donors (Lipinski definition) is 1. The van der Waals surface area contributed by atoms with Crippen molar-refractivity contribution in [2.45, 2.75) is 38.5 Å². The maximum Gasteiger partial charge on any atom is 0.136 e. The van der Waals surface area contributed by atoms with Gasteiger partial charge in [0.2, 0.25) is 0 Å². The van der Waals surface area contributed by atoms with Gasteiger partial charge in [0.15, 0.2) is 0 Å². The zero-order chi connectivity index (χ0) is 13.3. The molecule has 1 heterocycles. The SMILES string of the molecule is C[C@H](N[S@+]([O-])C(C)(C)C)c1cc2ccccc2o1. The number of para-hydroxylation sites is 1. The minimum atomic E-state index is -1.10. The van der Waals surface area contributed by atoms with Crippen molar-refractivity contribution in [3.63, 3.8) is 0 Å². The van der Waals surface area contributed by atoms with E-state index in [2.05, 4.69) is 4.72 Å². The molecule has 2 atom stereocenters. The van der Waals surface area contributed by atoms with Gasteiger partial charge in [0.05, 0.1) is 0 Å². The molecule has 1 aromatic carbocycles. The Morgan fingerprint density at radius 2 is 1.94 bits per heavy atom. The molecule has 0 unspecified atom stereocenters. The van der Waals surface area contributed by atoms with Gasteiger partial charge >= 0.3 is 0 Å². The summed E-state index contributed by atoms with van der Waals surface area (Å²) < 4.78 is 20.6. The third kappa shape index (κ3) is 2.88. The average molecular weight is 265 g/mol. The summed E-state index contributed by atoms with van der Waals surface area (Å²) in [5.41, 5.74) is 0.864. The fraction of sp³-hybridized carbons (Fsp3) is 0.429. The molecule has 0 amide bonds. The fourth-order valence-corrected chi connectivity index (χ4v) is 2.40. The first-order valence-corrected chi connectivity index (χ1v) is 7.19. The predicted molar refractivity (Wildman–Crippen MR) is 75.7 cm³/mol. The van der Waals surface area contributed by atoms with Crippen LogP contribution in [0.4, 0.5) is 0 Å². The fourth-order valence-electron chi connectivity index (χ4n) is 1.61. The standard InChI is InChI=1S/C14H19NO2S/c1-10(15-18(16)14(2,3)4)13-9-11-7-5-6-8-12(11)17-13/h5-10,15H,1-4H3/t10-,18+/m0/s1. The van der Waals surface area contributed by atoms with Gasteiger partial charge in [-0.05, 0) is 39.8 Å². The summed E-state index contributed by atoms with van der Waals surface area (Å²) in [7, 11) is 0. The molecule has 2 aromatic rings. The Kier molecular flexibility index (Phi) is 3.71. The van der Waals surface area contributed by atoms with Crippen LogP contribution in [0.1, 0.15) is 39.5 Å². The van der Waals surface area contributed by atoms with Gasteiger partial charge in [-0.15, -0.1) is 4.72 Å². The third-order valence-corrected chi connectivity index (χ3v) is 4.39. The van der Waals surface area contributed by atoms with Crippen molar-refractivity contribution in [1.82, 2.24) is 4.72 Å². The number of fused-ring (bicyclic) bond motifs is 1. The van der Waals surface area contributed by atoms with Crippen LogP contribution in [-0.4, -0.2) is 9.30 Å². The van der Waals surface area contributed by atoms with Crippen LogP contribution < -0.4 is 4.72 Å². The van der Waals surface area contributed by atoms with E-state index in [9.17, 15) is 4.55 Å². The van der Waals surface area contributed by atoms with Gasteiger partial charge in [0.25, 0.3) is 0 Å². The van der Waals surface area contributed by atoms with Crippen LogP contribution in [0.15, 0.2) is 34.7 Å². The van der Waals surface area contributed by atoms with E-state index < -0.39 is 11.4 Å². The van der Waals surface area contributed by atoms with Crippen molar-refractivity contribution in [3.05, 3.63) is 36.1 Å². The summed E-state index contributed by atoms with van der Waals surface area (Å²) in [6.07, 6.45) is 0. The second-order valence-electron chi connectivity index (χ2n) is 5.41. The maximum atomic E-state index is 12.0. The first kappa shape index (κ1) is 13.5. The first-order chi connectivity index (χ1) is 8.38. The van der Waals surface area contributed by atoms with Gasteiger partial charge in [-0.1, -0.05) is 18.2 Å². The van der Waals surface area contributed by atoms with Crippen LogP contribution in [0.5, 0.6) is 0 Å². The Morgan fingerprint density at radius 3 is 2.56 bits per heavy atom. The molecule has 0 spiro atoms. The molecule has 3 nitrogen and oxygen atoms in total. The highest BCUT2D eigenvalue weighted by Crippen LogP contribution is 2.25. The second-order valence-corrected chi connectivity index (χ2v) is 7.41. The molecule has 0 aliphatic heterocycles. The van der Waals surface area contributed by atoms with Crippen LogP contribution >= 0.6 is 0 Å². The van der Waals surface area contributed by atoms with Gasteiger partial charge in [0, 0.05) is 16.7 Å². The molecular formula is C14H19NO2S. The highest BCUT2D eigenvalue weighted by Gasteiger charge is 2.29. The number of nitrogens with one attached hydrogen (secondary N) is 1. The van der Waals surface area contributed by atoms with E-state index in [1.807, 2.05) is 58.0 Å². The quantitative estimate of drug-likeness (QED) is 0.863. The molecule has 1 N–H and O–H groups in total. The van der Waals surface area contributed by atoms with E-state index in [1.54, 1.807) is 0 Å². The van der Waals surface area contributed by atoms with Crippen molar-refractivity contribution in [2.75, 3.05) is 0 Å². The number of benzene rings is 1. The van der Waals surface area contributed by atoms with Crippen LogP contribution in [-0.2, 0) is 11.4 Å². The molecule has 18 heavy (non-hydrogen) atoms. The van der Waals surface area contributed by atoms with Crippen LogP contribution in [0.3, 0.4) is 0 Å². The van der Waals surface area contributed by atoms with Crippen molar-refractivity contribution in [3.8, 4) is 0 Å². The molecule has 0 radical (unpaired) electrons. The average Bonchev–Trinajstić information content (AvgIpc) is 2.71. The Morgan fingerprint density at radius 1 is 1.28 bits per heavy atom. The lowest BCUT2D eigenvalue weighted by Gasteiger charge is -2.25. The summed E-state index contributed by atoms with van der Waals surface area (Å²) in [5, 5.41) is 1.07. The van der Waals surface area contributed by atoms with Crippen LogP contribution in [0.25, 0.3) is 11.0 Å². The largest absolute Gasteiger partial charge is 0.598 e. The zero-order valence-electron chi connectivity index (χ0n) is 11.2. The monoisotopic (exact) mass is 265 g/mol. The lowest BCUT2D eigenvalue weighted by molar-refractivity contribution is 0.475. The van der Waals surface area contributed by atoms with Gasteiger partial charge in [0.1, 0.15) is 22.1 Å². The predicted octanol–water partition coefficient (Wildman–Crippen LogP) is 3.55. The highest BCUT2D eigenvalue weighted by molar-refractivity contribution is 7.90. The smallest absolute Gasteiger partial charge is 0.136 e. The number of furan rings is 1. The van der Waals surface area contributed by atoms with E-state index in [0.717, 1.165) is 16.7 Å². The molecule has 0 bridgehead atoms. The number of hydrogen-bond acceptors (Lipinski definition) is 3. The summed E-state index contributed by atoms with van der Waals surface area (Å²) >= 11 is -1.10. The van der Waals surface area contributed by atoms with E-state index in [1.165, 1.54) is 0 Å². The third-order valence-electron chi connectivity index (χ3n) is 2.71. The van der Waals surface area contributed by atoms with Gasteiger partial charge < -0.3 is 8.97 Å². The molecule has 0 aliphatic carbocycles. The van der Waals surface area contributed by atoms with Crippen molar-refractivity contribution >= 4 is 22.3 Å². The van der Waals surface area contributed by atoms with Crippen molar-refractivity contribution < 1.29 is 8.97 Å². The van der Waals surface area contributed by atoms with Crippen molar-refractivity contribution in [2.24, 2.45) is 0 Å². The Hall–Kier alpha value is -0.970. The second kappa shape index (κ2) is 4.96. The van der Waals surface area contributed by atoms with E-state index >= 15 is 0 Å². The highest BCUT2D eigenvalue weighted by atomic mass is 32.2. The van der Waals surface area contributed by atoms with Gasteiger partial charge in [-0.25, -0.2) is 0 Å². The Labute approximate surface area is 111 Å². The molecule has 0 saturated carbocycles. The molecule has 98 valence electrons. The minimum absolute atomic E-state index is 0.0718. The zero-order valence-corrected chi connectivity index (χ0v) is 12.0. The van der Waals surface area contributed by atoms with Crippen LogP contribution in [0.2, 0.25) is 0 Å². The molecule has 0 aliphatic rings. The van der Waals surface area contributed by atoms with E-state index in [0.29, 0.717) is 0 Å². The molecule has 0 saturated heterocycles. The van der Waals surface area contributed by atoms with E-state index in [4.69, 9.17) is 4.42 Å². The minimum Gasteiger partial charge on any atom is -0.598 e. The lowest BCUT2D eigenvalue weighted by atomic mass is 10.2. The first-order valence-electron chi connectivity index (χ1n) is 6.04. The summed E-state index contributed by atoms with van der Waals surface area (Å²) in [6, 6.07) is 9.79. The molecular weight excluding hydrogens is 246 g/mol. The van der Waals surface area contributed by atoms with Crippen molar-refractivity contribution in [1.29, 1.82) is 0 Å². The Bertz CT molecular complexity index is 497. The van der Waals surface area contributed by atoms with E-state index in [-0.39, 0.29) is 10.8 Å². The molecule has 2 rings (SSSR count). The number of rotatable bonds is 3. The van der Waals surface area contributed by atoms with Gasteiger partial charge in [-0.3, -0.25) is 0 Å². The van der Waals surface area contributed by atoms with Gasteiger partial charge in [-0.2, -0.15) is 0 Å². The summed E-state index contributed by atoms with van der Waals surface area (Å²) in [6.45, 7) is 7.80. The lowest BCUT2D eigenvalue weighted by Crippen LogP contribution is -2.40. The normalized spacial score (nSPS) is 15.8. The molecule has 0 fully saturated rings. The molecule has 4 heteroatoms.